The van der Waals surface area contributed by atoms with Crippen molar-refractivity contribution in [1.82, 2.24) is 10.2 Å². The number of rotatable bonds is 7. The van der Waals surface area contributed by atoms with Gasteiger partial charge in [0, 0.05) is 36.7 Å². The Kier molecular flexibility index (Phi) is 7.17. The molecule has 0 radical (unpaired) electrons. The highest BCUT2D eigenvalue weighted by Crippen LogP contribution is 2.27. The Morgan fingerprint density at radius 2 is 2.12 bits per heavy atom. The number of piperidine rings is 1. The molecule has 5 nitrogen and oxygen atoms in total. The van der Waals surface area contributed by atoms with Gasteiger partial charge < -0.3 is 15.2 Å². The summed E-state index contributed by atoms with van der Waals surface area (Å²) in [6, 6.07) is 5.19. The molecule has 2 aliphatic heterocycles. The lowest BCUT2D eigenvalue weighted by atomic mass is 9.92. The van der Waals surface area contributed by atoms with Crippen LogP contribution in [0.1, 0.15) is 44.1 Å². The molecular formula is C20H29ClN2O3. The fourth-order valence-electron chi connectivity index (χ4n) is 3.81. The van der Waals surface area contributed by atoms with Crippen LogP contribution in [0, 0.1) is 5.92 Å². The van der Waals surface area contributed by atoms with Gasteiger partial charge in [-0.25, -0.2) is 0 Å². The van der Waals surface area contributed by atoms with E-state index in [1.807, 2.05) is 6.07 Å². The lowest BCUT2D eigenvalue weighted by Crippen LogP contribution is -2.34. The fraction of sp³-hybridized carbons (Fsp3) is 0.650. The second-order valence-corrected chi connectivity index (χ2v) is 7.91. The van der Waals surface area contributed by atoms with E-state index in [1.165, 1.54) is 0 Å². The minimum Gasteiger partial charge on any atom is -0.508 e. The van der Waals surface area contributed by atoms with Crippen molar-refractivity contribution in [2.24, 2.45) is 5.92 Å². The van der Waals surface area contributed by atoms with Crippen molar-refractivity contribution in [2.45, 2.75) is 51.2 Å². The molecule has 1 atom stereocenters. The molecule has 0 bridgehead atoms. The highest BCUT2D eigenvalue weighted by atomic mass is 35.5. The number of hydrogen-bond acceptors (Lipinski definition) is 4. The molecule has 0 saturated carbocycles. The number of likely N-dealkylation sites (tertiary alicyclic amines) is 1. The number of carbonyl (C=O) groups is 1. The highest BCUT2D eigenvalue weighted by molar-refractivity contribution is 6.30. The number of halogens is 1. The third-order valence-corrected chi connectivity index (χ3v) is 5.71. The average Bonchev–Trinajstić information content (AvgIpc) is 3.16. The summed E-state index contributed by atoms with van der Waals surface area (Å²) in [5.74, 6) is 1.05. The Bertz CT molecular complexity index is 597. The van der Waals surface area contributed by atoms with Gasteiger partial charge in [0.1, 0.15) is 5.75 Å². The molecule has 1 unspecified atom stereocenters. The van der Waals surface area contributed by atoms with Crippen LogP contribution in [0.4, 0.5) is 0 Å². The predicted octanol–water partition coefficient (Wildman–Crippen LogP) is 3.33. The first kappa shape index (κ1) is 19.5. The van der Waals surface area contributed by atoms with Crippen molar-refractivity contribution in [3.05, 3.63) is 28.8 Å². The molecule has 3 rings (SSSR count). The van der Waals surface area contributed by atoms with E-state index >= 15 is 0 Å². The Morgan fingerprint density at radius 3 is 2.85 bits per heavy atom. The van der Waals surface area contributed by atoms with Gasteiger partial charge in [-0.3, -0.25) is 9.69 Å². The molecule has 144 valence electrons. The van der Waals surface area contributed by atoms with Crippen LogP contribution in [0.2, 0.25) is 5.02 Å². The average molecular weight is 381 g/mol. The van der Waals surface area contributed by atoms with Crippen molar-refractivity contribution in [2.75, 3.05) is 26.2 Å². The fourth-order valence-corrected chi connectivity index (χ4v) is 4.01. The van der Waals surface area contributed by atoms with Crippen LogP contribution in [-0.4, -0.2) is 48.3 Å². The van der Waals surface area contributed by atoms with Gasteiger partial charge in [0.05, 0.1) is 6.10 Å². The van der Waals surface area contributed by atoms with Crippen molar-refractivity contribution in [3.8, 4) is 5.75 Å². The van der Waals surface area contributed by atoms with Crippen molar-refractivity contribution in [1.29, 1.82) is 0 Å². The minimum absolute atomic E-state index is 0.145. The number of nitrogens with zero attached hydrogens (tertiary/aromatic N) is 1. The number of phenols is 1. The first-order valence-electron chi connectivity index (χ1n) is 9.68. The molecule has 0 spiro atoms. The van der Waals surface area contributed by atoms with Crippen molar-refractivity contribution >= 4 is 17.5 Å². The van der Waals surface area contributed by atoms with Crippen LogP contribution >= 0.6 is 11.6 Å². The van der Waals surface area contributed by atoms with Crippen LogP contribution in [0.5, 0.6) is 5.75 Å². The van der Waals surface area contributed by atoms with E-state index in [4.69, 9.17) is 16.3 Å². The molecular weight excluding hydrogens is 352 g/mol. The summed E-state index contributed by atoms with van der Waals surface area (Å²) in [7, 11) is 0. The standard InChI is InChI=1S/C20H29ClN2O3/c21-17-4-5-19(24)16(12-17)14-23-9-7-15(8-10-23)3-6-20(25)22-13-18-2-1-11-26-18/h4-5,12,15,18,24H,1-3,6-11,13-14H2,(H,22,25). The van der Waals surface area contributed by atoms with E-state index in [-0.39, 0.29) is 12.0 Å². The SMILES string of the molecule is O=C(CCC1CCN(Cc2cc(Cl)ccc2O)CC1)NCC1CCCO1. The Morgan fingerprint density at radius 1 is 1.31 bits per heavy atom. The first-order chi connectivity index (χ1) is 12.6. The van der Waals surface area contributed by atoms with E-state index in [1.54, 1.807) is 12.1 Å². The number of hydrogen-bond donors (Lipinski definition) is 2. The molecule has 1 aromatic carbocycles. The van der Waals surface area contributed by atoms with Crippen molar-refractivity contribution < 1.29 is 14.6 Å². The zero-order chi connectivity index (χ0) is 18.4. The maximum atomic E-state index is 12.0. The summed E-state index contributed by atoms with van der Waals surface area (Å²) in [6.07, 6.45) is 6.12. The second kappa shape index (κ2) is 9.58. The van der Waals surface area contributed by atoms with Crippen LogP contribution in [0.15, 0.2) is 18.2 Å². The quantitative estimate of drug-likeness (QED) is 0.761. The maximum absolute atomic E-state index is 12.0. The molecule has 0 aromatic heterocycles. The minimum atomic E-state index is 0.145. The topological polar surface area (TPSA) is 61.8 Å². The zero-order valence-corrected chi connectivity index (χ0v) is 16.0. The monoisotopic (exact) mass is 380 g/mol. The smallest absolute Gasteiger partial charge is 0.220 e. The Hall–Kier alpha value is -1.30. The van der Waals surface area contributed by atoms with E-state index < -0.39 is 0 Å². The van der Waals surface area contributed by atoms with E-state index in [2.05, 4.69) is 10.2 Å². The molecule has 2 saturated heterocycles. The number of carbonyl (C=O) groups excluding carboxylic acids is 1. The predicted molar refractivity (Wildman–Crippen MR) is 102 cm³/mol. The molecule has 2 N–H and O–H groups in total. The van der Waals surface area contributed by atoms with Gasteiger partial charge in [-0.05, 0) is 69.3 Å². The summed E-state index contributed by atoms with van der Waals surface area (Å²) in [6.45, 7) is 4.19. The van der Waals surface area contributed by atoms with Crippen LogP contribution in [0.3, 0.4) is 0 Å². The summed E-state index contributed by atoms with van der Waals surface area (Å²) < 4.78 is 5.53. The Balaban J connectivity index is 1.33. The summed E-state index contributed by atoms with van der Waals surface area (Å²) in [5.41, 5.74) is 0.879. The molecule has 6 heteroatoms. The van der Waals surface area contributed by atoms with Crippen LogP contribution < -0.4 is 5.32 Å². The second-order valence-electron chi connectivity index (χ2n) is 7.47. The molecule has 2 heterocycles. The molecule has 1 amide bonds. The number of nitrogens with one attached hydrogen (secondary N) is 1. The summed E-state index contributed by atoms with van der Waals surface area (Å²) >= 11 is 6.02. The number of aromatic hydroxyl groups is 1. The van der Waals surface area contributed by atoms with E-state index in [0.717, 1.165) is 63.9 Å². The molecule has 26 heavy (non-hydrogen) atoms. The maximum Gasteiger partial charge on any atom is 0.220 e. The van der Waals surface area contributed by atoms with Crippen LogP contribution in [-0.2, 0) is 16.1 Å². The molecule has 1 aromatic rings. The molecule has 2 aliphatic rings. The summed E-state index contributed by atoms with van der Waals surface area (Å²) in [4.78, 5) is 14.3. The van der Waals surface area contributed by atoms with Crippen LogP contribution in [0.25, 0.3) is 0 Å². The van der Waals surface area contributed by atoms with Gasteiger partial charge in [0.25, 0.3) is 0 Å². The third-order valence-electron chi connectivity index (χ3n) is 5.47. The third kappa shape index (κ3) is 5.86. The van der Waals surface area contributed by atoms with Gasteiger partial charge in [-0.2, -0.15) is 0 Å². The number of benzene rings is 1. The largest absolute Gasteiger partial charge is 0.508 e. The number of ether oxygens (including phenoxy) is 1. The lowest BCUT2D eigenvalue weighted by molar-refractivity contribution is -0.122. The first-order valence-corrected chi connectivity index (χ1v) is 10.1. The lowest BCUT2D eigenvalue weighted by Gasteiger charge is -2.32. The van der Waals surface area contributed by atoms with Gasteiger partial charge >= 0.3 is 0 Å². The van der Waals surface area contributed by atoms with Gasteiger partial charge in [0.15, 0.2) is 0 Å². The molecule has 2 fully saturated rings. The Labute approximate surface area is 160 Å². The molecule has 0 aliphatic carbocycles. The zero-order valence-electron chi connectivity index (χ0n) is 15.3. The number of phenolic OH excluding ortho intramolecular Hbond substituents is 1. The van der Waals surface area contributed by atoms with E-state index in [9.17, 15) is 9.90 Å². The van der Waals surface area contributed by atoms with Gasteiger partial charge in [0.2, 0.25) is 5.91 Å². The van der Waals surface area contributed by atoms with Gasteiger partial charge in [-0.15, -0.1) is 0 Å². The van der Waals surface area contributed by atoms with Crippen molar-refractivity contribution in [3.63, 3.8) is 0 Å². The summed E-state index contributed by atoms with van der Waals surface area (Å²) in [5, 5.41) is 13.6. The van der Waals surface area contributed by atoms with Gasteiger partial charge in [-0.1, -0.05) is 11.6 Å². The van der Waals surface area contributed by atoms with E-state index in [0.29, 0.717) is 29.7 Å². The number of amides is 1. The normalized spacial score (nSPS) is 21.8. The highest BCUT2D eigenvalue weighted by Gasteiger charge is 2.21.